The molecule has 2 aromatic carbocycles. The number of hydrogen-bond acceptors (Lipinski definition) is 4. The molecule has 0 spiro atoms. The van der Waals surface area contributed by atoms with Crippen LogP contribution < -0.4 is 5.56 Å². The Bertz CT molecular complexity index is 1340. The fourth-order valence-corrected chi connectivity index (χ4v) is 4.35. The first-order valence-electron chi connectivity index (χ1n) is 11.5. The van der Waals surface area contributed by atoms with Crippen LogP contribution in [0.15, 0.2) is 77.7 Å². The number of hydrogen-bond donors (Lipinski definition) is 0. The fourth-order valence-electron chi connectivity index (χ4n) is 4.23. The van der Waals surface area contributed by atoms with Crippen LogP contribution in [0.25, 0.3) is 10.9 Å². The number of pyridine rings is 1. The summed E-state index contributed by atoms with van der Waals surface area (Å²) in [5, 5.41) is 1.15. The van der Waals surface area contributed by atoms with Gasteiger partial charge in [0.15, 0.2) is 0 Å². The molecule has 0 bridgehead atoms. The molecule has 7 heteroatoms. The number of benzene rings is 2. The predicted molar refractivity (Wildman–Crippen MR) is 135 cm³/mol. The highest BCUT2D eigenvalue weighted by molar-refractivity contribution is 6.30. The lowest BCUT2D eigenvalue weighted by Crippen LogP contribution is -2.40. The second kappa shape index (κ2) is 10.6. The van der Waals surface area contributed by atoms with Crippen molar-refractivity contribution in [1.29, 1.82) is 0 Å². The second-order valence-corrected chi connectivity index (χ2v) is 8.47. The third-order valence-electron chi connectivity index (χ3n) is 5.96. The molecule has 0 N–H and O–H groups in total. The van der Waals surface area contributed by atoms with Crippen LogP contribution >= 0.6 is 11.6 Å². The first-order valence-corrected chi connectivity index (χ1v) is 11.9. The molecule has 6 nitrogen and oxygen atoms in total. The number of halogens is 1. The van der Waals surface area contributed by atoms with Crippen LogP contribution in [0.4, 0.5) is 0 Å². The molecule has 34 heavy (non-hydrogen) atoms. The third-order valence-corrected chi connectivity index (χ3v) is 6.21. The number of carbonyl (C=O) groups is 1. The number of fused-ring (bicyclic) bond motifs is 1. The Kier molecular flexibility index (Phi) is 7.38. The van der Waals surface area contributed by atoms with E-state index in [1.165, 1.54) is 0 Å². The highest BCUT2D eigenvalue weighted by atomic mass is 35.5. The Morgan fingerprint density at radius 2 is 1.76 bits per heavy atom. The molecule has 1 unspecified atom stereocenters. The summed E-state index contributed by atoms with van der Waals surface area (Å²) < 4.78 is 1.68. The van der Waals surface area contributed by atoms with E-state index in [9.17, 15) is 9.59 Å². The predicted octanol–water partition coefficient (Wildman–Crippen LogP) is 5.30. The fraction of sp³-hybridized carbons (Fsp3) is 0.259. The van der Waals surface area contributed by atoms with E-state index in [1.807, 2.05) is 50.2 Å². The molecule has 0 aliphatic carbocycles. The van der Waals surface area contributed by atoms with Gasteiger partial charge >= 0.3 is 0 Å². The summed E-state index contributed by atoms with van der Waals surface area (Å²) in [6.07, 6.45) is 2.94. The minimum absolute atomic E-state index is 0.0924. The van der Waals surface area contributed by atoms with Crippen molar-refractivity contribution in [3.8, 4) is 0 Å². The molecule has 1 atom stereocenters. The number of amides is 1. The van der Waals surface area contributed by atoms with Gasteiger partial charge in [0.05, 0.1) is 16.9 Å². The van der Waals surface area contributed by atoms with E-state index in [0.29, 0.717) is 53.2 Å². The third kappa shape index (κ3) is 4.87. The number of aromatic nitrogens is 3. The summed E-state index contributed by atoms with van der Waals surface area (Å²) in [4.78, 5) is 38.1. The minimum Gasteiger partial charge on any atom is -0.328 e. The van der Waals surface area contributed by atoms with Crippen molar-refractivity contribution in [3.05, 3.63) is 105 Å². The van der Waals surface area contributed by atoms with Crippen molar-refractivity contribution in [2.75, 3.05) is 6.54 Å². The molecule has 2 heterocycles. The highest BCUT2D eigenvalue weighted by Gasteiger charge is 2.29. The maximum atomic E-state index is 13.7. The van der Waals surface area contributed by atoms with Gasteiger partial charge in [0.1, 0.15) is 5.82 Å². The largest absolute Gasteiger partial charge is 0.328 e. The van der Waals surface area contributed by atoms with Gasteiger partial charge in [-0.2, -0.15) is 0 Å². The summed E-state index contributed by atoms with van der Waals surface area (Å²) in [5.41, 5.74) is 1.97. The van der Waals surface area contributed by atoms with E-state index in [-0.39, 0.29) is 17.5 Å². The topological polar surface area (TPSA) is 68.1 Å². The molecule has 0 saturated carbocycles. The van der Waals surface area contributed by atoms with Gasteiger partial charge in [-0.05, 0) is 61.9 Å². The van der Waals surface area contributed by atoms with E-state index < -0.39 is 0 Å². The van der Waals surface area contributed by atoms with Gasteiger partial charge in [-0.15, -0.1) is 0 Å². The molecule has 0 aliphatic rings. The highest BCUT2D eigenvalue weighted by Crippen LogP contribution is 2.26. The molecular formula is C27H27ClN4O2. The molecule has 0 aliphatic heterocycles. The molecule has 1 amide bonds. The summed E-state index contributed by atoms with van der Waals surface area (Å²) in [6, 6.07) is 19.6. The normalized spacial score (nSPS) is 12.0. The van der Waals surface area contributed by atoms with Crippen molar-refractivity contribution in [2.45, 2.75) is 39.3 Å². The Balaban J connectivity index is 1.80. The number of para-hydroxylation sites is 1. The van der Waals surface area contributed by atoms with E-state index in [0.717, 1.165) is 5.69 Å². The number of rotatable bonds is 8. The standard InChI is InChI=1S/C27H27ClN4O2/c1-3-24(25-30-23-11-6-5-10-22(23)27(34)31(25)4-2)32(18-16-21-9-7-8-17-29-21)26(33)19-12-14-20(28)15-13-19/h5-15,17,24H,3-4,16,18H2,1-2H3. The van der Waals surface area contributed by atoms with Gasteiger partial charge in [0.25, 0.3) is 11.5 Å². The molecule has 0 saturated heterocycles. The molecule has 0 fully saturated rings. The zero-order chi connectivity index (χ0) is 24.1. The Labute approximate surface area is 203 Å². The average molecular weight is 475 g/mol. The van der Waals surface area contributed by atoms with Crippen LogP contribution in [0, 0.1) is 0 Å². The monoisotopic (exact) mass is 474 g/mol. The van der Waals surface area contributed by atoms with Crippen LogP contribution in [0.3, 0.4) is 0 Å². The maximum Gasteiger partial charge on any atom is 0.261 e. The van der Waals surface area contributed by atoms with E-state index in [2.05, 4.69) is 4.98 Å². The molecule has 4 rings (SSSR count). The van der Waals surface area contributed by atoms with Gasteiger partial charge in [0, 0.05) is 42.0 Å². The van der Waals surface area contributed by atoms with Crippen LogP contribution in [-0.2, 0) is 13.0 Å². The van der Waals surface area contributed by atoms with E-state index in [4.69, 9.17) is 16.6 Å². The summed E-state index contributed by atoms with van der Waals surface area (Å²) in [5.74, 6) is 0.460. The van der Waals surface area contributed by atoms with Crippen molar-refractivity contribution < 1.29 is 4.79 Å². The Morgan fingerprint density at radius 1 is 1.03 bits per heavy atom. The van der Waals surface area contributed by atoms with Crippen molar-refractivity contribution in [3.63, 3.8) is 0 Å². The van der Waals surface area contributed by atoms with Crippen molar-refractivity contribution >= 4 is 28.4 Å². The van der Waals surface area contributed by atoms with Crippen LogP contribution in [0.5, 0.6) is 0 Å². The molecular weight excluding hydrogens is 448 g/mol. The smallest absolute Gasteiger partial charge is 0.261 e. The summed E-state index contributed by atoms with van der Waals surface area (Å²) >= 11 is 6.05. The van der Waals surface area contributed by atoms with Crippen LogP contribution in [-0.4, -0.2) is 31.9 Å². The molecule has 174 valence electrons. The minimum atomic E-state index is -0.385. The van der Waals surface area contributed by atoms with Crippen LogP contribution in [0.1, 0.15) is 48.2 Å². The average Bonchev–Trinajstić information content (AvgIpc) is 2.87. The number of carbonyl (C=O) groups excluding carboxylic acids is 1. The van der Waals surface area contributed by atoms with E-state index >= 15 is 0 Å². The molecule has 4 aromatic rings. The Morgan fingerprint density at radius 3 is 2.44 bits per heavy atom. The number of nitrogens with zero attached hydrogens (tertiary/aromatic N) is 4. The maximum absolute atomic E-state index is 13.7. The van der Waals surface area contributed by atoms with Crippen molar-refractivity contribution in [2.24, 2.45) is 0 Å². The lowest BCUT2D eigenvalue weighted by atomic mass is 10.1. The van der Waals surface area contributed by atoms with Crippen molar-refractivity contribution in [1.82, 2.24) is 19.4 Å². The van der Waals surface area contributed by atoms with Crippen LogP contribution in [0.2, 0.25) is 5.02 Å². The van der Waals surface area contributed by atoms with Gasteiger partial charge in [-0.25, -0.2) is 4.98 Å². The lowest BCUT2D eigenvalue weighted by molar-refractivity contribution is 0.0659. The zero-order valence-corrected chi connectivity index (χ0v) is 20.1. The first-order chi connectivity index (χ1) is 16.5. The van der Waals surface area contributed by atoms with Gasteiger partial charge in [-0.3, -0.25) is 19.1 Å². The Hall–Kier alpha value is -3.51. The summed E-state index contributed by atoms with van der Waals surface area (Å²) in [7, 11) is 0. The molecule has 0 radical (unpaired) electrons. The van der Waals surface area contributed by atoms with Gasteiger partial charge in [0.2, 0.25) is 0 Å². The van der Waals surface area contributed by atoms with Gasteiger partial charge in [-0.1, -0.05) is 36.7 Å². The second-order valence-electron chi connectivity index (χ2n) is 8.04. The SMILES string of the molecule is CCC(c1nc2ccccc2c(=O)n1CC)N(CCc1ccccn1)C(=O)c1ccc(Cl)cc1. The summed E-state index contributed by atoms with van der Waals surface area (Å²) in [6.45, 7) is 4.83. The quantitative estimate of drug-likeness (QED) is 0.347. The molecule has 2 aromatic heterocycles. The van der Waals surface area contributed by atoms with Gasteiger partial charge < -0.3 is 4.90 Å². The lowest BCUT2D eigenvalue weighted by Gasteiger charge is -2.32. The first kappa shape index (κ1) is 23.6. The zero-order valence-electron chi connectivity index (χ0n) is 19.3. The van der Waals surface area contributed by atoms with E-state index in [1.54, 1.807) is 46.0 Å².